The topological polar surface area (TPSA) is 95.9 Å². The summed E-state index contributed by atoms with van der Waals surface area (Å²) in [5.41, 5.74) is 0. The zero-order valence-corrected chi connectivity index (χ0v) is 40.6. The normalized spacial score (nSPS) is 13.2. The first-order valence-corrected chi connectivity index (χ1v) is 26.9. The average Bonchev–Trinajstić information content (AvgIpc) is 3.24. The molecule has 60 heavy (non-hydrogen) atoms. The van der Waals surface area contributed by atoms with Gasteiger partial charge in [-0.25, -0.2) is 0 Å². The number of carbonyl (C=O) groups excluding carboxylic acids is 2. The van der Waals surface area contributed by atoms with Gasteiger partial charge in [-0.3, -0.25) is 9.59 Å². The highest BCUT2D eigenvalue weighted by atomic mass is 16.5. The molecule has 0 spiro atoms. The Morgan fingerprint density at radius 1 is 0.467 bits per heavy atom. The lowest BCUT2D eigenvalue weighted by Crippen LogP contribution is -2.46. The van der Waals surface area contributed by atoms with Crippen LogP contribution in [0.1, 0.15) is 297 Å². The molecule has 0 aliphatic carbocycles. The molecular weight excluding hydrogens is 743 g/mol. The Kier molecular flexibility index (Phi) is 47.5. The maximum atomic E-state index is 13.2. The Morgan fingerprint density at radius 3 is 1.22 bits per heavy atom. The molecule has 6 nitrogen and oxygen atoms in total. The van der Waals surface area contributed by atoms with Crippen LogP contribution in [0.3, 0.4) is 0 Å². The van der Waals surface area contributed by atoms with E-state index < -0.39 is 18.2 Å². The monoisotopic (exact) mass is 848 g/mol. The number of hydrogen-bond donors (Lipinski definition) is 3. The van der Waals surface area contributed by atoms with E-state index in [1.54, 1.807) is 0 Å². The highest BCUT2D eigenvalue weighted by Gasteiger charge is 2.24. The Morgan fingerprint density at radius 2 is 0.800 bits per heavy atom. The zero-order chi connectivity index (χ0) is 43.8. The lowest BCUT2D eigenvalue weighted by Gasteiger charge is -2.24. The van der Waals surface area contributed by atoms with Crippen LogP contribution in [0.4, 0.5) is 0 Å². The number of ether oxygens (including phenoxy) is 1. The number of rotatable bonds is 49. The molecule has 0 fully saturated rings. The van der Waals surface area contributed by atoms with Crippen molar-refractivity contribution in [2.75, 3.05) is 6.61 Å². The first-order valence-electron chi connectivity index (χ1n) is 26.9. The molecular formula is C54H105NO5. The number of hydrogen-bond acceptors (Lipinski definition) is 5. The van der Waals surface area contributed by atoms with E-state index in [9.17, 15) is 19.8 Å². The molecule has 3 N–H and O–H groups in total. The van der Waals surface area contributed by atoms with Gasteiger partial charge in [-0.1, -0.05) is 245 Å². The van der Waals surface area contributed by atoms with Gasteiger partial charge in [-0.05, 0) is 51.4 Å². The molecule has 3 unspecified atom stereocenters. The van der Waals surface area contributed by atoms with E-state index >= 15 is 0 Å². The molecule has 0 heterocycles. The van der Waals surface area contributed by atoms with Gasteiger partial charge in [0, 0.05) is 6.42 Å². The molecule has 0 aromatic heterocycles. The largest absolute Gasteiger partial charge is 0.462 e. The van der Waals surface area contributed by atoms with Crippen LogP contribution in [0.15, 0.2) is 12.2 Å². The van der Waals surface area contributed by atoms with E-state index in [1.807, 2.05) is 0 Å². The van der Waals surface area contributed by atoms with Crippen molar-refractivity contribution in [1.29, 1.82) is 0 Å². The van der Waals surface area contributed by atoms with Crippen molar-refractivity contribution in [3.05, 3.63) is 12.2 Å². The zero-order valence-electron chi connectivity index (χ0n) is 40.6. The molecule has 0 aromatic carbocycles. The summed E-state index contributed by atoms with van der Waals surface area (Å²) in [7, 11) is 0. The van der Waals surface area contributed by atoms with Crippen LogP contribution in [-0.4, -0.2) is 46.9 Å². The molecule has 1 amide bonds. The maximum absolute atomic E-state index is 13.2. The molecule has 0 aromatic rings. The minimum atomic E-state index is -0.783. The summed E-state index contributed by atoms with van der Waals surface area (Å²) >= 11 is 0. The van der Waals surface area contributed by atoms with Crippen molar-refractivity contribution in [1.82, 2.24) is 5.32 Å². The fraction of sp³-hybridized carbons (Fsp3) is 0.926. The fourth-order valence-electron chi connectivity index (χ4n) is 8.49. The van der Waals surface area contributed by atoms with Crippen molar-refractivity contribution in [3.8, 4) is 0 Å². The Balaban J connectivity index is 4.52. The third kappa shape index (κ3) is 43.3. The summed E-state index contributed by atoms with van der Waals surface area (Å²) in [6.07, 6.45) is 54.1. The first-order chi connectivity index (χ1) is 29.5. The molecule has 0 radical (unpaired) electrons. The lowest BCUT2D eigenvalue weighted by molar-refractivity contribution is -0.151. The predicted molar refractivity (Wildman–Crippen MR) is 260 cm³/mol. The molecule has 6 heteroatoms. The van der Waals surface area contributed by atoms with Gasteiger partial charge in [0.2, 0.25) is 5.91 Å². The number of carbonyl (C=O) groups is 2. The Hall–Kier alpha value is -1.40. The van der Waals surface area contributed by atoms with Crippen molar-refractivity contribution in [2.45, 2.75) is 315 Å². The summed E-state index contributed by atoms with van der Waals surface area (Å²) in [5, 5.41) is 23.8. The summed E-state index contributed by atoms with van der Waals surface area (Å²) < 4.78 is 5.94. The highest BCUT2D eigenvalue weighted by Crippen LogP contribution is 2.19. The molecule has 0 saturated heterocycles. The summed E-state index contributed by atoms with van der Waals surface area (Å²) in [6.45, 7) is 6.49. The summed E-state index contributed by atoms with van der Waals surface area (Å²) in [5.74, 6) is -0.465. The number of unbranched alkanes of at least 4 members (excludes halogenated alkanes) is 35. The van der Waals surface area contributed by atoms with Crippen LogP contribution in [0.2, 0.25) is 0 Å². The Labute approximate surface area is 374 Å². The van der Waals surface area contributed by atoms with Crippen LogP contribution >= 0.6 is 0 Å². The van der Waals surface area contributed by atoms with Gasteiger partial charge in [0.25, 0.3) is 0 Å². The second kappa shape index (κ2) is 48.6. The molecule has 0 rings (SSSR count). The maximum Gasteiger partial charge on any atom is 0.306 e. The van der Waals surface area contributed by atoms with Gasteiger partial charge in [-0.2, -0.15) is 0 Å². The number of esters is 1. The fourth-order valence-corrected chi connectivity index (χ4v) is 8.49. The van der Waals surface area contributed by atoms with Gasteiger partial charge in [0.15, 0.2) is 0 Å². The first kappa shape index (κ1) is 58.6. The minimum absolute atomic E-state index is 0.0817. The van der Waals surface area contributed by atoms with Crippen LogP contribution in [0, 0.1) is 0 Å². The second-order valence-corrected chi connectivity index (χ2v) is 18.6. The van der Waals surface area contributed by atoms with Crippen molar-refractivity contribution in [2.24, 2.45) is 0 Å². The van der Waals surface area contributed by atoms with Crippen LogP contribution < -0.4 is 5.32 Å². The van der Waals surface area contributed by atoms with E-state index in [-0.39, 0.29) is 24.9 Å². The van der Waals surface area contributed by atoms with Gasteiger partial charge in [0.1, 0.15) is 6.10 Å². The van der Waals surface area contributed by atoms with Gasteiger partial charge < -0.3 is 20.3 Å². The smallest absolute Gasteiger partial charge is 0.306 e. The van der Waals surface area contributed by atoms with E-state index in [0.717, 1.165) is 51.4 Å². The number of aliphatic hydroxyl groups excluding tert-OH is 2. The predicted octanol–water partition coefficient (Wildman–Crippen LogP) is 16.1. The summed E-state index contributed by atoms with van der Waals surface area (Å²) in [6, 6.07) is -0.696. The van der Waals surface area contributed by atoms with Crippen molar-refractivity contribution < 1.29 is 24.5 Å². The standard InChI is InChI=1S/C54H105NO5/c1-4-7-10-13-16-19-22-25-27-28-30-33-36-39-42-45-50(60-54(59)47-44-41-38-35-32-24-21-18-15-12-9-6-3)48-53(58)55-51(49-56)52(57)46-43-40-37-34-31-29-26-23-20-17-14-11-8-5-2/h18,21,50-52,56-57H,4-17,19-20,22-49H2,1-3H3,(H,55,58)/b21-18-. The second-order valence-electron chi connectivity index (χ2n) is 18.6. The molecule has 356 valence electrons. The van der Waals surface area contributed by atoms with Gasteiger partial charge >= 0.3 is 5.97 Å². The van der Waals surface area contributed by atoms with Crippen molar-refractivity contribution in [3.63, 3.8) is 0 Å². The quantitative estimate of drug-likeness (QED) is 0.0322. The van der Waals surface area contributed by atoms with Crippen LogP contribution in [-0.2, 0) is 14.3 Å². The van der Waals surface area contributed by atoms with E-state index in [4.69, 9.17) is 4.74 Å². The third-order valence-electron chi connectivity index (χ3n) is 12.6. The van der Waals surface area contributed by atoms with Crippen LogP contribution in [0.25, 0.3) is 0 Å². The summed E-state index contributed by atoms with van der Waals surface area (Å²) in [4.78, 5) is 26.1. The average molecular weight is 848 g/mol. The number of amides is 1. The highest BCUT2D eigenvalue weighted by molar-refractivity contribution is 5.77. The molecule has 0 aliphatic rings. The Bertz CT molecular complexity index is 909. The lowest BCUT2D eigenvalue weighted by atomic mass is 10.0. The van der Waals surface area contributed by atoms with E-state index in [1.165, 1.54) is 199 Å². The number of aliphatic hydroxyl groups is 2. The van der Waals surface area contributed by atoms with Gasteiger partial charge in [0.05, 0.1) is 25.2 Å². The SMILES string of the molecule is CCCCC/C=C\CCCCCCCC(=O)OC(CCCCCCCCCCCCCCCCC)CC(=O)NC(CO)C(O)CCCCCCCCCCCCCCCC. The molecule has 0 saturated carbocycles. The van der Waals surface area contributed by atoms with Crippen LogP contribution in [0.5, 0.6) is 0 Å². The van der Waals surface area contributed by atoms with Crippen molar-refractivity contribution >= 4 is 11.9 Å². The number of nitrogens with one attached hydrogen (secondary N) is 1. The third-order valence-corrected chi connectivity index (χ3v) is 12.6. The molecule has 0 aliphatic heterocycles. The molecule has 3 atom stereocenters. The van der Waals surface area contributed by atoms with E-state index in [2.05, 4.69) is 38.2 Å². The van der Waals surface area contributed by atoms with Gasteiger partial charge in [-0.15, -0.1) is 0 Å². The number of allylic oxidation sites excluding steroid dienone is 2. The molecule has 0 bridgehead atoms. The van der Waals surface area contributed by atoms with E-state index in [0.29, 0.717) is 19.3 Å². The minimum Gasteiger partial charge on any atom is -0.462 e.